The molecule has 1 saturated carbocycles. The number of pyridine rings is 1. The maximum absolute atomic E-state index is 14.8. The molecule has 4 rings (SSSR count). The summed E-state index contributed by atoms with van der Waals surface area (Å²) in [5.41, 5.74) is 1.48. The van der Waals surface area contributed by atoms with Gasteiger partial charge in [0.1, 0.15) is 17.5 Å². The van der Waals surface area contributed by atoms with Crippen molar-refractivity contribution in [1.29, 1.82) is 0 Å². The molecule has 1 aromatic heterocycles. The second-order valence-electron chi connectivity index (χ2n) is 10.7. The highest BCUT2D eigenvalue weighted by atomic mass is 19.1. The van der Waals surface area contributed by atoms with Gasteiger partial charge in [0.05, 0.1) is 18.5 Å². The molecule has 0 bridgehead atoms. The number of hydrogen-bond donors (Lipinski definition) is 3. The van der Waals surface area contributed by atoms with E-state index in [-0.39, 0.29) is 17.3 Å². The second-order valence-corrected chi connectivity index (χ2v) is 10.7. The van der Waals surface area contributed by atoms with Crippen LogP contribution in [-0.4, -0.2) is 56.6 Å². The first kappa shape index (κ1) is 26.8. The van der Waals surface area contributed by atoms with Crippen molar-refractivity contribution in [2.75, 3.05) is 44.1 Å². The Labute approximate surface area is 213 Å². The van der Waals surface area contributed by atoms with Gasteiger partial charge in [-0.1, -0.05) is 13.0 Å². The van der Waals surface area contributed by atoms with Crippen molar-refractivity contribution in [3.8, 4) is 11.1 Å². The molecular formula is C28H40F2N4O2. The zero-order valence-corrected chi connectivity index (χ0v) is 21.7. The Morgan fingerprint density at radius 3 is 2.53 bits per heavy atom. The van der Waals surface area contributed by atoms with E-state index >= 15 is 0 Å². The third kappa shape index (κ3) is 7.14. The van der Waals surface area contributed by atoms with Gasteiger partial charge in [-0.05, 0) is 74.6 Å². The Kier molecular flexibility index (Phi) is 9.14. The number of ether oxygens (including phenoxy) is 2. The molecule has 1 atom stereocenters. The Bertz CT molecular complexity index is 992. The molecule has 1 aliphatic carbocycles. The highest BCUT2D eigenvalue weighted by Crippen LogP contribution is 2.33. The van der Waals surface area contributed by atoms with Crippen molar-refractivity contribution in [1.82, 2.24) is 10.3 Å². The molecule has 8 heteroatoms. The van der Waals surface area contributed by atoms with E-state index < -0.39 is 5.82 Å². The number of halogens is 2. The van der Waals surface area contributed by atoms with E-state index in [2.05, 4.69) is 34.8 Å². The first-order valence-corrected chi connectivity index (χ1v) is 13.1. The summed E-state index contributed by atoms with van der Waals surface area (Å²) < 4.78 is 40.1. The van der Waals surface area contributed by atoms with E-state index in [0.29, 0.717) is 47.9 Å². The van der Waals surface area contributed by atoms with E-state index in [1.54, 1.807) is 25.3 Å². The number of rotatable bonds is 10. The number of nitrogens with zero attached hydrogens (tertiary/aromatic N) is 1. The van der Waals surface area contributed by atoms with Crippen LogP contribution in [0.1, 0.15) is 52.4 Å². The van der Waals surface area contributed by atoms with Crippen LogP contribution in [0.4, 0.5) is 20.3 Å². The molecule has 1 aliphatic heterocycles. The number of anilines is 2. The topological polar surface area (TPSA) is 67.4 Å². The van der Waals surface area contributed by atoms with Crippen LogP contribution in [0.2, 0.25) is 0 Å². The van der Waals surface area contributed by atoms with Gasteiger partial charge in [-0.15, -0.1) is 0 Å². The summed E-state index contributed by atoms with van der Waals surface area (Å²) in [7, 11) is 1.72. The average molecular weight is 503 g/mol. The van der Waals surface area contributed by atoms with Crippen molar-refractivity contribution in [3.05, 3.63) is 42.1 Å². The summed E-state index contributed by atoms with van der Waals surface area (Å²) >= 11 is 0. The number of hydrogen-bond acceptors (Lipinski definition) is 6. The normalized spacial score (nSPS) is 22.7. The average Bonchev–Trinajstić information content (AvgIpc) is 2.87. The van der Waals surface area contributed by atoms with E-state index in [1.807, 2.05) is 0 Å². The molecule has 2 fully saturated rings. The van der Waals surface area contributed by atoms with Crippen LogP contribution < -0.4 is 16.0 Å². The summed E-state index contributed by atoms with van der Waals surface area (Å²) in [6.07, 6.45) is 7.27. The Morgan fingerprint density at radius 2 is 1.81 bits per heavy atom. The molecule has 1 aromatic carbocycles. The highest BCUT2D eigenvalue weighted by Gasteiger charge is 2.27. The summed E-state index contributed by atoms with van der Waals surface area (Å²) in [5.74, 6) is -0.119. The van der Waals surface area contributed by atoms with Gasteiger partial charge in [-0.2, -0.15) is 0 Å². The minimum Gasteiger partial charge on any atom is -0.383 e. The molecule has 36 heavy (non-hydrogen) atoms. The molecule has 2 aromatic rings. The molecule has 0 unspecified atom stereocenters. The molecule has 6 nitrogen and oxygen atoms in total. The largest absolute Gasteiger partial charge is 0.383 e. The van der Waals surface area contributed by atoms with Crippen molar-refractivity contribution in [2.45, 2.75) is 70.5 Å². The molecule has 0 spiro atoms. The third-order valence-electron chi connectivity index (χ3n) is 7.55. The van der Waals surface area contributed by atoms with E-state index in [9.17, 15) is 8.78 Å². The van der Waals surface area contributed by atoms with Gasteiger partial charge in [0.2, 0.25) is 0 Å². The second kappa shape index (κ2) is 12.3. The smallest absolute Gasteiger partial charge is 0.149 e. The number of nitrogens with one attached hydrogen (secondary N) is 3. The van der Waals surface area contributed by atoms with E-state index in [0.717, 1.165) is 51.7 Å². The fourth-order valence-corrected chi connectivity index (χ4v) is 5.23. The number of methoxy groups -OCH3 is 1. The van der Waals surface area contributed by atoms with Crippen LogP contribution in [0, 0.1) is 17.0 Å². The Balaban J connectivity index is 1.39. The Hall–Kier alpha value is -2.29. The van der Waals surface area contributed by atoms with Gasteiger partial charge < -0.3 is 25.4 Å². The van der Waals surface area contributed by atoms with Gasteiger partial charge in [0.15, 0.2) is 0 Å². The lowest BCUT2D eigenvalue weighted by Crippen LogP contribution is -2.42. The lowest BCUT2D eigenvalue weighted by atomic mass is 9.82. The van der Waals surface area contributed by atoms with Crippen LogP contribution in [0.3, 0.4) is 0 Å². The van der Waals surface area contributed by atoms with Crippen molar-refractivity contribution >= 4 is 11.5 Å². The molecule has 2 aliphatic rings. The minimum atomic E-state index is -0.422. The van der Waals surface area contributed by atoms with Crippen molar-refractivity contribution in [3.63, 3.8) is 0 Å². The number of benzene rings is 1. The van der Waals surface area contributed by atoms with Crippen LogP contribution >= 0.6 is 0 Å². The van der Waals surface area contributed by atoms with Gasteiger partial charge in [0, 0.05) is 50.6 Å². The Morgan fingerprint density at radius 1 is 1.08 bits per heavy atom. The first-order valence-electron chi connectivity index (χ1n) is 13.1. The van der Waals surface area contributed by atoms with Crippen LogP contribution in [0.5, 0.6) is 0 Å². The van der Waals surface area contributed by atoms with Gasteiger partial charge in [-0.3, -0.25) is 0 Å². The standard InChI is InChI=1S/C28H40F2N4O2/c1-19(17-35-3)33-21-5-7-22(8-6-21)34-27-15-23(25(30)16-31-27)20-4-9-24(29)26(14-20)32-18-28(2)10-12-36-13-11-28/h4,9,14-16,19,21-22,32-33H,5-8,10-13,17-18H2,1-3H3,(H,31,34)/t19-,21?,22?/m1/s1. The van der Waals surface area contributed by atoms with Crippen molar-refractivity contribution in [2.24, 2.45) is 5.41 Å². The predicted molar refractivity (Wildman–Crippen MR) is 140 cm³/mol. The number of aromatic nitrogens is 1. The van der Waals surface area contributed by atoms with Gasteiger partial charge in [0.25, 0.3) is 0 Å². The molecular weight excluding hydrogens is 462 g/mol. The van der Waals surface area contributed by atoms with Crippen LogP contribution in [0.25, 0.3) is 11.1 Å². The zero-order valence-electron chi connectivity index (χ0n) is 21.7. The van der Waals surface area contributed by atoms with Crippen LogP contribution in [0.15, 0.2) is 30.5 Å². The van der Waals surface area contributed by atoms with Gasteiger partial charge >= 0.3 is 0 Å². The predicted octanol–water partition coefficient (Wildman–Crippen LogP) is 5.60. The highest BCUT2D eigenvalue weighted by molar-refractivity contribution is 5.71. The van der Waals surface area contributed by atoms with Crippen LogP contribution in [-0.2, 0) is 9.47 Å². The summed E-state index contributed by atoms with van der Waals surface area (Å²) in [4.78, 5) is 4.28. The third-order valence-corrected chi connectivity index (χ3v) is 7.55. The summed E-state index contributed by atoms with van der Waals surface area (Å²) in [5, 5.41) is 10.4. The lowest BCUT2D eigenvalue weighted by molar-refractivity contribution is 0.0300. The van der Waals surface area contributed by atoms with E-state index in [1.165, 1.54) is 12.3 Å². The maximum Gasteiger partial charge on any atom is 0.149 e. The fourth-order valence-electron chi connectivity index (χ4n) is 5.23. The lowest BCUT2D eigenvalue weighted by Gasteiger charge is -2.34. The monoisotopic (exact) mass is 502 g/mol. The molecule has 2 heterocycles. The van der Waals surface area contributed by atoms with Gasteiger partial charge in [-0.25, -0.2) is 13.8 Å². The minimum absolute atomic E-state index is 0.0516. The molecule has 0 amide bonds. The molecule has 1 saturated heterocycles. The fraction of sp³-hybridized carbons (Fsp3) is 0.607. The summed E-state index contributed by atoms with van der Waals surface area (Å²) in [6.45, 7) is 7.13. The molecule has 0 radical (unpaired) electrons. The first-order chi connectivity index (χ1) is 17.3. The van der Waals surface area contributed by atoms with E-state index in [4.69, 9.17) is 9.47 Å². The zero-order chi connectivity index (χ0) is 25.5. The molecule has 3 N–H and O–H groups in total. The maximum atomic E-state index is 14.8. The van der Waals surface area contributed by atoms with Crippen molar-refractivity contribution < 1.29 is 18.3 Å². The quantitative estimate of drug-likeness (QED) is 0.393. The SMILES string of the molecule is COC[C@@H](C)NC1CCC(Nc2cc(-c3ccc(F)c(NCC4(C)CCOCC4)c3)c(F)cn2)CC1. The summed E-state index contributed by atoms with van der Waals surface area (Å²) in [6, 6.07) is 7.55. The molecule has 198 valence electrons.